The minimum atomic E-state index is -1.01. The number of aromatic nitrogens is 1. The fourth-order valence-electron chi connectivity index (χ4n) is 3.63. The molecular formula is C27H32N4O5. The number of anilines is 2. The summed E-state index contributed by atoms with van der Waals surface area (Å²) in [5.41, 5.74) is 3.12. The van der Waals surface area contributed by atoms with E-state index in [1.807, 2.05) is 45.0 Å². The number of oxazole rings is 1. The smallest absolute Gasteiger partial charge is 0.323 e. The zero-order valence-electron chi connectivity index (χ0n) is 20.9. The van der Waals surface area contributed by atoms with Crippen LogP contribution in [0.25, 0.3) is 0 Å². The summed E-state index contributed by atoms with van der Waals surface area (Å²) in [5.74, 6) is -1.27. The number of nitrogens with one attached hydrogen (secondary N) is 3. The SMILES string of the molecule is Cc1cccc(NC(=O)Nc2ccc(CC(=O)NC(CC(C)C)c3ncc(C(C)C(=O)O)o3)cc2)c1. The Hall–Kier alpha value is -4.14. The van der Waals surface area contributed by atoms with Crippen molar-refractivity contribution in [2.45, 2.75) is 52.5 Å². The third-order valence-electron chi connectivity index (χ3n) is 5.53. The van der Waals surface area contributed by atoms with Crippen LogP contribution in [0.3, 0.4) is 0 Å². The molecule has 0 aliphatic heterocycles. The molecule has 2 aromatic carbocycles. The Labute approximate surface area is 210 Å². The lowest BCUT2D eigenvalue weighted by molar-refractivity contribution is -0.138. The zero-order valence-corrected chi connectivity index (χ0v) is 20.9. The van der Waals surface area contributed by atoms with Gasteiger partial charge >= 0.3 is 12.0 Å². The Morgan fingerprint density at radius 3 is 2.33 bits per heavy atom. The summed E-state index contributed by atoms with van der Waals surface area (Å²) in [6, 6.07) is 13.7. The number of carbonyl (C=O) groups excluding carboxylic acids is 2. The lowest BCUT2D eigenvalue weighted by atomic mass is 10.0. The van der Waals surface area contributed by atoms with Crippen LogP contribution in [0.4, 0.5) is 16.2 Å². The minimum Gasteiger partial charge on any atom is -0.481 e. The van der Waals surface area contributed by atoms with Gasteiger partial charge in [-0.05, 0) is 61.6 Å². The normalized spacial score (nSPS) is 12.6. The van der Waals surface area contributed by atoms with Crippen molar-refractivity contribution in [1.29, 1.82) is 0 Å². The molecule has 3 amide bonds. The third-order valence-corrected chi connectivity index (χ3v) is 5.53. The zero-order chi connectivity index (χ0) is 26.2. The summed E-state index contributed by atoms with van der Waals surface area (Å²) in [6.45, 7) is 7.51. The largest absolute Gasteiger partial charge is 0.481 e. The van der Waals surface area contributed by atoms with E-state index in [0.717, 1.165) is 11.1 Å². The van der Waals surface area contributed by atoms with Gasteiger partial charge in [0.2, 0.25) is 11.8 Å². The first-order valence-corrected chi connectivity index (χ1v) is 11.8. The highest BCUT2D eigenvalue weighted by molar-refractivity contribution is 5.99. The molecule has 36 heavy (non-hydrogen) atoms. The second kappa shape index (κ2) is 12.0. The van der Waals surface area contributed by atoms with Crippen molar-refractivity contribution in [1.82, 2.24) is 10.3 Å². The first-order valence-electron chi connectivity index (χ1n) is 11.8. The Morgan fingerprint density at radius 2 is 1.69 bits per heavy atom. The van der Waals surface area contributed by atoms with Gasteiger partial charge in [0.25, 0.3) is 0 Å². The van der Waals surface area contributed by atoms with Gasteiger partial charge in [-0.1, -0.05) is 38.1 Å². The molecule has 1 aromatic heterocycles. The van der Waals surface area contributed by atoms with Crippen LogP contribution >= 0.6 is 0 Å². The van der Waals surface area contributed by atoms with E-state index in [9.17, 15) is 19.5 Å². The van der Waals surface area contributed by atoms with Crippen molar-refractivity contribution in [2.75, 3.05) is 10.6 Å². The quantitative estimate of drug-likeness (QED) is 0.305. The molecule has 0 aliphatic rings. The summed E-state index contributed by atoms with van der Waals surface area (Å²) < 4.78 is 5.67. The van der Waals surface area contributed by atoms with Crippen LogP contribution in [0.2, 0.25) is 0 Å². The maximum atomic E-state index is 12.8. The van der Waals surface area contributed by atoms with E-state index < -0.39 is 17.9 Å². The lowest BCUT2D eigenvalue weighted by Gasteiger charge is -2.18. The van der Waals surface area contributed by atoms with Gasteiger partial charge in [0.1, 0.15) is 17.7 Å². The lowest BCUT2D eigenvalue weighted by Crippen LogP contribution is -2.31. The molecule has 9 heteroatoms. The third kappa shape index (κ3) is 7.69. The highest BCUT2D eigenvalue weighted by Gasteiger charge is 2.24. The van der Waals surface area contributed by atoms with Crippen LogP contribution in [0, 0.1) is 12.8 Å². The number of amides is 3. The van der Waals surface area contributed by atoms with Gasteiger partial charge in [-0.15, -0.1) is 0 Å². The number of nitrogens with zero attached hydrogens (tertiary/aromatic N) is 1. The average Bonchev–Trinajstić information content (AvgIpc) is 3.29. The topological polar surface area (TPSA) is 134 Å². The number of aliphatic carboxylic acids is 1. The molecule has 0 saturated carbocycles. The molecule has 0 saturated heterocycles. The van der Waals surface area contributed by atoms with Crippen molar-refractivity contribution in [3.63, 3.8) is 0 Å². The van der Waals surface area contributed by atoms with Crippen LogP contribution in [0.5, 0.6) is 0 Å². The minimum absolute atomic E-state index is 0.128. The number of carboxylic acids is 1. The van der Waals surface area contributed by atoms with E-state index in [0.29, 0.717) is 23.7 Å². The first kappa shape index (κ1) is 26.5. The molecule has 190 valence electrons. The molecule has 0 fully saturated rings. The summed E-state index contributed by atoms with van der Waals surface area (Å²) >= 11 is 0. The molecule has 0 radical (unpaired) electrons. The Kier molecular flexibility index (Phi) is 8.83. The van der Waals surface area contributed by atoms with Crippen LogP contribution in [-0.4, -0.2) is 28.0 Å². The maximum absolute atomic E-state index is 12.8. The van der Waals surface area contributed by atoms with Gasteiger partial charge in [-0.2, -0.15) is 0 Å². The number of benzene rings is 2. The predicted molar refractivity (Wildman–Crippen MR) is 137 cm³/mol. The fraction of sp³-hybridized carbons (Fsp3) is 0.333. The number of carboxylic acid groups (broad SMARTS) is 1. The molecule has 0 aliphatic carbocycles. The van der Waals surface area contributed by atoms with Crippen molar-refractivity contribution in [2.24, 2.45) is 5.92 Å². The Morgan fingerprint density at radius 1 is 1.00 bits per heavy atom. The fourth-order valence-corrected chi connectivity index (χ4v) is 3.63. The molecule has 4 N–H and O–H groups in total. The monoisotopic (exact) mass is 492 g/mol. The summed E-state index contributed by atoms with van der Waals surface area (Å²) in [7, 11) is 0. The van der Waals surface area contributed by atoms with Crippen molar-refractivity contribution in [3.8, 4) is 0 Å². The first-order chi connectivity index (χ1) is 17.1. The van der Waals surface area contributed by atoms with Crippen LogP contribution in [0.15, 0.2) is 59.1 Å². The number of urea groups is 1. The molecular weight excluding hydrogens is 460 g/mol. The van der Waals surface area contributed by atoms with E-state index in [4.69, 9.17) is 4.42 Å². The average molecular weight is 493 g/mol. The van der Waals surface area contributed by atoms with Gasteiger partial charge in [0.15, 0.2) is 0 Å². The van der Waals surface area contributed by atoms with Gasteiger partial charge in [0.05, 0.1) is 12.6 Å². The van der Waals surface area contributed by atoms with Crippen molar-refractivity contribution < 1.29 is 23.9 Å². The molecule has 2 unspecified atom stereocenters. The summed E-state index contributed by atoms with van der Waals surface area (Å²) in [5, 5.41) is 17.7. The maximum Gasteiger partial charge on any atom is 0.323 e. The number of rotatable bonds is 10. The van der Waals surface area contributed by atoms with E-state index in [1.165, 1.54) is 13.1 Å². The van der Waals surface area contributed by atoms with Crippen molar-refractivity contribution in [3.05, 3.63) is 77.5 Å². The van der Waals surface area contributed by atoms with Gasteiger partial charge in [-0.3, -0.25) is 9.59 Å². The van der Waals surface area contributed by atoms with E-state index >= 15 is 0 Å². The van der Waals surface area contributed by atoms with Gasteiger partial charge in [0, 0.05) is 11.4 Å². The van der Waals surface area contributed by atoms with E-state index in [2.05, 4.69) is 20.9 Å². The number of hydrogen-bond acceptors (Lipinski definition) is 5. The summed E-state index contributed by atoms with van der Waals surface area (Å²) in [6.07, 6.45) is 2.12. The van der Waals surface area contributed by atoms with Gasteiger partial charge in [-0.25, -0.2) is 9.78 Å². The molecule has 3 aromatic rings. The van der Waals surface area contributed by atoms with E-state index in [-0.39, 0.29) is 30.0 Å². The molecule has 0 spiro atoms. The predicted octanol–water partition coefficient (Wildman–Crippen LogP) is 5.26. The van der Waals surface area contributed by atoms with Crippen molar-refractivity contribution >= 4 is 29.3 Å². The number of hydrogen-bond donors (Lipinski definition) is 4. The van der Waals surface area contributed by atoms with Crippen LogP contribution < -0.4 is 16.0 Å². The summed E-state index contributed by atoms with van der Waals surface area (Å²) in [4.78, 5) is 40.5. The Balaban J connectivity index is 1.58. The molecule has 1 heterocycles. The Bertz CT molecular complexity index is 1200. The number of aryl methyl sites for hydroxylation is 1. The second-order valence-corrected chi connectivity index (χ2v) is 9.23. The highest BCUT2D eigenvalue weighted by atomic mass is 16.4. The molecule has 9 nitrogen and oxygen atoms in total. The number of carbonyl (C=O) groups is 3. The van der Waals surface area contributed by atoms with E-state index in [1.54, 1.807) is 24.3 Å². The van der Waals surface area contributed by atoms with Crippen LogP contribution in [-0.2, 0) is 16.0 Å². The molecule has 3 rings (SSSR count). The highest BCUT2D eigenvalue weighted by Crippen LogP contribution is 2.25. The standard InChI is InChI=1S/C27H32N4O5/c1-16(2)12-22(25-28-15-23(36-25)18(4)26(33)34)31-24(32)14-19-8-10-20(11-9-19)29-27(35)30-21-7-5-6-17(3)13-21/h5-11,13,15-16,18,22H,12,14H2,1-4H3,(H,31,32)(H,33,34)(H2,29,30,35). The van der Waals surface area contributed by atoms with Crippen LogP contribution in [0.1, 0.15) is 61.9 Å². The molecule has 0 bridgehead atoms. The molecule has 2 atom stereocenters. The van der Waals surface area contributed by atoms with Gasteiger partial charge < -0.3 is 25.5 Å². The second-order valence-electron chi connectivity index (χ2n) is 9.23.